The van der Waals surface area contributed by atoms with Crippen molar-refractivity contribution in [3.63, 3.8) is 0 Å². The number of nitrogens with zero attached hydrogens (tertiary/aromatic N) is 2. The third kappa shape index (κ3) is 8.57. The van der Waals surface area contributed by atoms with E-state index < -0.39 is 40.8 Å². The number of carbonyl (C=O) groups excluding carboxylic acids is 4. The molecule has 0 aromatic carbocycles. The van der Waals surface area contributed by atoms with Gasteiger partial charge in [0.05, 0.1) is 6.04 Å². The zero-order valence-corrected chi connectivity index (χ0v) is 24.5. The van der Waals surface area contributed by atoms with Crippen LogP contribution in [0.15, 0.2) is 10.5 Å². The molecular weight excluding hydrogens is 605 g/mol. The standard InChI is InChI=1S/C22H32IN5O7S/c1-20(2,3)33-17(31)22(7,8)35-28-14(16(30)26-13-11(9-23)24-15(13)29)12-10-36-18(25-12)27-19(32)34-21(4,5)6/h10-11,13H,9H2,1-8H3,(H,24,29)(H,26,30)(H,25,27,32)/t11-,13+/m1/s1. The van der Waals surface area contributed by atoms with Gasteiger partial charge in [0, 0.05) is 9.81 Å². The second-order valence-electron chi connectivity index (χ2n) is 10.4. The van der Waals surface area contributed by atoms with Crippen molar-refractivity contribution < 1.29 is 33.5 Å². The predicted octanol–water partition coefficient (Wildman–Crippen LogP) is 2.75. The Morgan fingerprint density at radius 3 is 2.25 bits per heavy atom. The number of aromatic nitrogens is 1. The Bertz CT molecular complexity index is 1040. The SMILES string of the molecule is CC(C)(C)OC(=O)Nc1nc(C(=NOC(C)(C)C(=O)OC(C)(C)C)C(=O)N[C@@H]2C(=O)N[C@@H]2CI)cs1. The van der Waals surface area contributed by atoms with Crippen molar-refractivity contribution in [2.75, 3.05) is 9.74 Å². The highest BCUT2D eigenvalue weighted by Gasteiger charge is 2.41. The first-order valence-corrected chi connectivity index (χ1v) is 13.4. The van der Waals surface area contributed by atoms with Crippen LogP contribution in [-0.2, 0) is 28.7 Å². The minimum atomic E-state index is -1.54. The molecule has 200 valence electrons. The highest BCUT2D eigenvalue weighted by Crippen LogP contribution is 2.21. The zero-order valence-electron chi connectivity index (χ0n) is 21.5. The number of hydrogen-bond acceptors (Lipinski definition) is 10. The molecule has 3 amide bonds. The van der Waals surface area contributed by atoms with E-state index in [1.54, 1.807) is 41.5 Å². The summed E-state index contributed by atoms with van der Waals surface area (Å²) in [6.07, 6.45) is -0.718. The first-order chi connectivity index (χ1) is 16.4. The number of carbonyl (C=O) groups is 4. The van der Waals surface area contributed by atoms with Crippen LogP contribution in [0.2, 0.25) is 0 Å². The molecule has 0 radical (unpaired) electrons. The lowest BCUT2D eigenvalue weighted by Crippen LogP contribution is -2.70. The van der Waals surface area contributed by atoms with Crippen molar-refractivity contribution in [1.82, 2.24) is 15.6 Å². The van der Waals surface area contributed by atoms with E-state index in [1.807, 2.05) is 0 Å². The number of ether oxygens (including phenoxy) is 2. The van der Waals surface area contributed by atoms with Gasteiger partial charge < -0.3 is 24.9 Å². The van der Waals surface area contributed by atoms with Crippen LogP contribution in [-0.4, -0.2) is 67.9 Å². The molecule has 3 N–H and O–H groups in total. The Morgan fingerprint density at radius 1 is 1.11 bits per heavy atom. The normalized spacial score (nSPS) is 18.5. The average Bonchev–Trinajstić information content (AvgIpc) is 3.15. The maximum Gasteiger partial charge on any atom is 0.413 e. The van der Waals surface area contributed by atoms with E-state index in [9.17, 15) is 19.2 Å². The van der Waals surface area contributed by atoms with Crippen LogP contribution in [0.5, 0.6) is 0 Å². The quantitative estimate of drug-likeness (QED) is 0.0981. The predicted molar refractivity (Wildman–Crippen MR) is 142 cm³/mol. The molecule has 2 rings (SSSR count). The van der Waals surface area contributed by atoms with Crippen LogP contribution < -0.4 is 16.0 Å². The third-order valence-corrected chi connectivity index (χ3v) is 6.00. The lowest BCUT2D eigenvalue weighted by Gasteiger charge is -2.35. The van der Waals surface area contributed by atoms with Crippen molar-refractivity contribution in [3.8, 4) is 0 Å². The maximum atomic E-state index is 13.1. The van der Waals surface area contributed by atoms with E-state index in [4.69, 9.17) is 14.3 Å². The fourth-order valence-electron chi connectivity index (χ4n) is 2.58. The smallest absolute Gasteiger partial charge is 0.413 e. The Hall–Kier alpha value is -2.49. The number of hydrogen-bond donors (Lipinski definition) is 3. The summed E-state index contributed by atoms with van der Waals surface area (Å²) in [5.41, 5.74) is -3.23. The second kappa shape index (κ2) is 11.3. The van der Waals surface area contributed by atoms with Crippen LogP contribution in [0.1, 0.15) is 61.1 Å². The van der Waals surface area contributed by atoms with E-state index in [-0.39, 0.29) is 28.5 Å². The first-order valence-electron chi connectivity index (χ1n) is 11.0. The number of nitrogens with one attached hydrogen (secondary N) is 3. The minimum Gasteiger partial charge on any atom is -0.457 e. The summed E-state index contributed by atoms with van der Waals surface area (Å²) >= 11 is 3.13. The number of β-lactam (4-membered cyclic amide) rings is 1. The summed E-state index contributed by atoms with van der Waals surface area (Å²) in [5.74, 6) is -1.75. The van der Waals surface area contributed by atoms with Gasteiger partial charge in [-0.2, -0.15) is 0 Å². The highest BCUT2D eigenvalue weighted by molar-refractivity contribution is 14.1. The van der Waals surface area contributed by atoms with Crippen molar-refractivity contribution in [1.29, 1.82) is 0 Å². The molecule has 36 heavy (non-hydrogen) atoms. The van der Waals surface area contributed by atoms with E-state index in [0.29, 0.717) is 4.43 Å². The lowest BCUT2D eigenvalue weighted by atomic mass is 10.0. The summed E-state index contributed by atoms with van der Waals surface area (Å²) in [6, 6.07) is -0.987. The largest absolute Gasteiger partial charge is 0.457 e. The molecule has 2 atom stereocenters. The zero-order chi connectivity index (χ0) is 27.5. The van der Waals surface area contributed by atoms with Gasteiger partial charge in [-0.25, -0.2) is 14.6 Å². The fourth-order valence-corrected chi connectivity index (χ4v) is 3.99. The molecule has 0 unspecified atom stereocenters. The lowest BCUT2D eigenvalue weighted by molar-refractivity contribution is -0.179. The van der Waals surface area contributed by atoms with Crippen LogP contribution >= 0.6 is 33.9 Å². The summed E-state index contributed by atoms with van der Waals surface area (Å²) in [5, 5.41) is 13.4. The number of thiazole rings is 1. The van der Waals surface area contributed by atoms with Gasteiger partial charge in [0.25, 0.3) is 5.91 Å². The molecule has 1 aromatic rings. The molecule has 0 saturated carbocycles. The molecule has 2 heterocycles. The number of anilines is 1. The molecule has 12 nitrogen and oxygen atoms in total. The number of oxime groups is 1. The Kier molecular flexibility index (Phi) is 9.31. The molecule has 1 aliphatic rings. The summed E-state index contributed by atoms with van der Waals surface area (Å²) < 4.78 is 11.2. The molecule has 0 spiro atoms. The van der Waals surface area contributed by atoms with Gasteiger partial charge in [-0.1, -0.05) is 27.7 Å². The van der Waals surface area contributed by atoms with Crippen molar-refractivity contribution in [2.24, 2.45) is 5.16 Å². The second-order valence-corrected chi connectivity index (χ2v) is 12.2. The van der Waals surface area contributed by atoms with Gasteiger partial charge >= 0.3 is 12.1 Å². The summed E-state index contributed by atoms with van der Waals surface area (Å²) in [4.78, 5) is 59.4. The average molecular weight is 637 g/mol. The molecule has 1 fully saturated rings. The van der Waals surface area contributed by atoms with Gasteiger partial charge in [0.1, 0.15) is 22.9 Å². The molecule has 14 heteroatoms. The monoisotopic (exact) mass is 637 g/mol. The van der Waals surface area contributed by atoms with Crippen LogP contribution in [0.25, 0.3) is 0 Å². The topological polar surface area (TPSA) is 157 Å². The maximum absolute atomic E-state index is 13.1. The van der Waals surface area contributed by atoms with Gasteiger partial charge in [-0.05, 0) is 55.4 Å². The Morgan fingerprint density at radius 2 is 1.72 bits per heavy atom. The Balaban J connectivity index is 2.30. The van der Waals surface area contributed by atoms with Gasteiger partial charge in [-0.15, -0.1) is 11.3 Å². The molecule has 1 aromatic heterocycles. The summed E-state index contributed by atoms with van der Waals surface area (Å²) in [6.45, 7) is 13.2. The van der Waals surface area contributed by atoms with Gasteiger partial charge in [-0.3, -0.25) is 14.9 Å². The Labute approximate surface area is 227 Å². The van der Waals surface area contributed by atoms with E-state index in [2.05, 4.69) is 48.7 Å². The number of rotatable bonds is 8. The summed E-state index contributed by atoms with van der Waals surface area (Å²) in [7, 11) is 0. The molecule has 0 aliphatic carbocycles. The molecule has 1 saturated heterocycles. The van der Waals surface area contributed by atoms with Crippen LogP contribution in [0.4, 0.5) is 9.93 Å². The highest BCUT2D eigenvalue weighted by atomic mass is 127. The molecular formula is C22H32IN5O7S. The first kappa shape index (κ1) is 29.7. The molecule has 0 bridgehead atoms. The fraction of sp³-hybridized carbons (Fsp3) is 0.636. The minimum absolute atomic E-state index is 0.0642. The third-order valence-electron chi connectivity index (χ3n) is 4.29. The number of alkyl halides is 1. The van der Waals surface area contributed by atoms with Crippen LogP contribution in [0, 0.1) is 0 Å². The van der Waals surface area contributed by atoms with Gasteiger partial charge in [0.2, 0.25) is 11.5 Å². The number of esters is 1. The van der Waals surface area contributed by atoms with E-state index in [1.165, 1.54) is 19.2 Å². The number of amides is 3. The van der Waals surface area contributed by atoms with E-state index >= 15 is 0 Å². The molecule has 1 aliphatic heterocycles. The van der Waals surface area contributed by atoms with Gasteiger partial charge in [0.15, 0.2) is 10.8 Å². The van der Waals surface area contributed by atoms with Crippen molar-refractivity contribution in [2.45, 2.75) is 84.3 Å². The van der Waals surface area contributed by atoms with Crippen molar-refractivity contribution in [3.05, 3.63) is 11.1 Å². The number of halogens is 1. The van der Waals surface area contributed by atoms with Crippen molar-refractivity contribution >= 4 is 68.6 Å². The van der Waals surface area contributed by atoms with Crippen LogP contribution in [0.3, 0.4) is 0 Å². The van der Waals surface area contributed by atoms with E-state index in [0.717, 1.165) is 11.3 Å².